The molecule has 17 heavy (non-hydrogen) atoms. The smallest absolute Gasteiger partial charge is 0.388 e. The number of hydrogen-bond donors (Lipinski definition) is 1. The molecule has 0 unspecified atom stereocenters. The molecule has 0 fully saturated rings. The van der Waals surface area contributed by atoms with Gasteiger partial charge in [0.15, 0.2) is 5.52 Å². The van der Waals surface area contributed by atoms with Gasteiger partial charge in [0.1, 0.15) is 5.69 Å². The largest absolute Gasteiger partial charge is 0.391 e. The molecule has 0 aliphatic rings. The number of para-hydroxylation sites is 1. The van der Waals surface area contributed by atoms with Crippen molar-refractivity contribution in [1.82, 2.24) is 4.98 Å². The summed E-state index contributed by atoms with van der Waals surface area (Å²) in [6, 6.07) is 7.03. The van der Waals surface area contributed by atoms with E-state index in [0.717, 1.165) is 5.39 Å². The van der Waals surface area contributed by atoms with Crippen molar-refractivity contribution < 1.29 is 4.92 Å². The lowest BCUT2D eigenvalue weighted by Crippen LogP contribution is -2.01. The number of aromatic nitrogens is 1. The van der Waals surface area contributed by atoms with Crippen LogP contribution in [0.3, 0.4) is 0 Å². The summed E-state index contributed by atoms with van der Waals surface area (Å²) in [5.74, 6) is -0.353. The average molecular weight is 250 g/mol. The Morgan fingerprint density at radius 2 is 2.12 bits per heavy atom. The molecule has 2 N–H and O–H groups in total. The number of rotatable bonds is 2. The van der Waals surface area contributed by atoms with Gasteiger partial charge in [-0.15, -0.1) is 0 Å². The molecule has 0 aliphatic heterocycles. The molecular formula is C11H8ClN3O2. The van der Waals surface area contributed by atoms with Crippen molar-refractivity contribution in [2.45, 2.75) is 0 Å². The fraction of sp³-hybridized carbons (Fsp3) is 0. The third kappa shape index (κ3) is 1.92. The summed E-state index contributed by atoms with van der Waals surface area (Å²) in [5.41, 5.74) is 8.03. The quantitative estimate of drug-likeness (QED) is 0.655. The van der Waals surface area contributed by atoms with Gasteiger partial charge < -0.3 is 15.8 Å². The Morgan fingerprint density at radius 3 is 2.76 bits per heavy atom. The van der Waals surface area contributed by atoms with Crippen LogP contribution in [0.2, 0.25) is 0 Å². The van der Waals surface area contributed by atoms with Gasteiger partial charge in [0.25, 0.3) is 0 Å². The van der Waals surface area contributed by atoms with Crippen LogP contribution in [0.25, 0.3) is 17.0 Å². The highest BCUT2D eigenvalue weighted by Gasteiger charge is 2.19. The van der Waals surface area contributed by atoms with E-state index in [1.54, 1.807) is 24.3 Å². The number of nitro groups is 1. The SMILES string of the molecule is Nc1c([N+](=O)[O-])nc2ccccc2c1/C=C/Cl. The van der Waals surface area contributed by atoms with Gasteiger partial charge in [-0.1, -0.05) is 23.7 Å². The number of nitrogens with zero attached hydrogens (tertiary/aromatic N) is 2. The van der Waals surface area contributed by atoms with Gasteiger partial charge in [0, 0.05) is 16.5 Å². The topological polar surface area (TPSA) is 82.0 Å². The molecular weight excluding hydrogens is 242 g/mol. The molecule has 1 heterocycles. The van der Waals surface area contributed by atoms with Crippen LogP contribution in [-0.2, 0) is 0 Å². The molecule has 0 atom stereocenters. The Labute approximate surface area is 102 Å². The second-order valence-corrected chi connectivity index (χ2v) is 3.58. The average Bonchev–Trinajstić information content (AvgIpc) is 2.32. The zero-order valence-corrected chi connectivity index (χ0v) is 9.39. The fourth-order valence-electron chi connectivity index (χ4n) is 1.62. The van der Waals surface area contributed by atoms with Gasteiger partial charge in [-0.25, -0.2) is 0 Å². The Balaban J connectivity index is 2.90. The highest BCUT2D eigenvalue weighted by atomic mass is 35.5. The van der Waals surface area contributed by atoms with Crippen LogP contribution in [0.4, 0.5) is 11.5 Å². The van der Waals surface area contributed by atoms with Crippen molar-refractivity contribution in [3.05, 3.63) is 45.5 Å². The molecule has 0 amide bonds. The summed E-state index contributed by atoms with van der Waals surface area (Å²) < 4.78 is 0. The minimum absolute atomic E-state index is 0.0191. The molecule has 0 spiro atoms. The highest BCUT2D eigenvalue weighted by Crippen LogP contribution is 2.31. The Hall–Kier alpha value is -2.14. The molecule has 5 nitrogen and oxygen atoms in total. The Morgan fingerprint density at radius 1 is 1.41 bits per heavy atom. The number of hydrogen-bond acceptors (Lipinski definition) is 4. The first-order chi connectivity index (χ1) is 8.15. The molecule has 0 bridgehead atoms. The van der Waals surface area contributed by atoms with Crippen molar-refractivity contribution in [2.75, 3.05) is 5.73 Å². The van der Waals surface area contributed by atoms with Gasteiger partial charge in [0.05, 0.1) is 0 Å². The van der Waals surface area contributed by atoms with E-state index in [-0.39, 0.29) is 11.5 Å². The summed E-state index contributed by atoms with van der Waals surface area (Å²) >= 11 is 5.51. The maximum Gasteiger partial charge on any atom is 0.388 e. The first-order valence-electron chi connectivity index (χ1n) is 4.74. The second kappa shape index (κ2) is 4.39. The van der Waals surface area contributed by atoms with Gasteiger partial charge in [0.2, 0.25) is 0 Å². The van der Waals surface area contributed by atoms with Gasteiger partial charge in [-0.2, -0.15) is 0 Å². The predicted octanol–water partition coefficient (Wildman–Crippen LogP) is 2.93. The minimum atomic E-state index is -0.604. The number of anilines is 1. The summed E-state index contributed by atoms with van der Waals surface area (Å²) in [6.45, 7) is 0. The van der Waals surface area contributed by atoms with Crippen molar-refractivity contribution >= 4 is 40.1 Å². The van der Waals surface area contributed by atoms with E-state index in [0.29, 0.717) is 11.1 Å². The Bertz CT molecular complexity index is 625. The molecule has 1 aromatic heterocycles. The van der Waals surface area contributed by atoms with Gasteiger partial charge >= 0.3 is 5.82 Å². The molecule has 2 aromatic rings. The van der Waals surface area contributed by atoms with E-state index >= 15 is 0 Å². The van der Waals surface area contributed by atoms with Gasteiger partial charge in [-0.05, 0) is 28.1 Å². The van der Waals surface area contributed by atoms with E-state index in [9.17, 15) is 10.1 Å². The molecule has 0 aliphatic carbocycles. The van der Waals surface area contributed by atoms with E-state index in [4.69, 9.17) is 17.3 Å². The summed E-state index contributed by atoms with van der Waals surface area (Å²) in [4.78, 5) is 14.1. The number of nitrogen functional groups attached to an aromatic ring is 1. The number of fused-ring (bicyclic) bond motifs is 1. The highest BCUT2D eigenvalue weighted by molar-refractivity contribution is 6.27. The van der Waals surface area contributed by atoms with E-state index < -0.39 is 4.92 Å². The van der Waals surface area contributed by atoms with Gasteiger partial charge in [-0.3, -0.25) is 0 Å². The predicted molar refractivity (Wildman–Crippen MR) is 67.7 cm³/mol. The number of halogens is 1. The molecule has 86 valence electrons. The van der Waals surface area contributed by atoms with Crippen LogP contribution < -0.4 is 5.73 Å². The summed E-state index contributed by atoms with van der Waals surface area (Å²) in [6.07, 6.45) is 1.52. The monoisotopic (exact) mass is 249 g/mol. The molecule has 0 saturated heterocycles. The van der Waals surface area contributed by atoms with Crippen molar-refractivity contribution in [3.63, 3.8) is 0 Å². The van der Waals surface area contributed by atoms with Crippen molar-refractivity contribution in [3.8, 4) is 0 Å². The summed E-state index contributed by atoms with van der Waals surface area (Å²) in [7, 11) is 0. The van der Waals surface area contributed by atoms with Crippen LogP contribution in [0, 0.1) is 10.1 Å². The minimum Gasteiger partial charge on any atom is -0.391 e. The third-order valence-corrected chi connectivity index (χ3v) is 2.48. The first-order valence-corrected chi connectivity index (χ1v) is 5.18. The van der Waals surface area contributed by atoms with Crippen LogP contribution >= 0.6 is 11.6 Å². The lowest BCUT2D eigenvalue weighted by Gasteiger charge is -2.04. The van der Waals surface area contributed by atoms with E-state index in [2.05, 4.69) is 4.98 Å². The zero-order valence-electron chi connectivity index (χ0n) is 8.63. The van der Waals surface area contributed by atoms with Crippen LogP contribution in [0.1, 0.15) is 5.56 Å². The maximum atomic E-state index is 10.8. The third-order valence-electron chi connectivity index (χ3n) is 2.35. The molecule has 6 heteroatoms. The lowest BCUT2D eigenvalue weighted by atomic mass is 10.1. The molecule has 2 rings (SSSR count). The zero-order chi connectivity index (χ0) is 12.4. The standard InChI is InChI=1S/C11H8ClN3O2/c12-6-5-8-7-3-1-2-4-9(7)14-11(10(8)13)15(16)17/h1-6H,13H2/b6-5+. The van der Waals surface area contributed by atoms with Crippen LogP contribution in [0.15, 0.2) is 29.8 Å². The van der Waals surface area contributed by atoms with E-state index in [1.165, 1.54) is 11.6 Å². The number of nitrogens with two attached hydrogens (primary N) is 1. The van der Waals surface area contributed by atoms with Crippen molar-refractivity contribution in [2.24, 2.45) is 0 Å². The Kier molecular flexibility index (Phi) is 2.93. The molecule has 0 radical (unpaired) electrons. The molecule has 0 saturated carbocycles. The van der Waals surface area contributed by atoms with Crippen LogP contribution in [-0.4, -0.2) is 9.91 Å². The molecule has 1 aromatic carbocycles. The first kappa shape index (κ1) is 11.3. The van der Waals surface area contributed by atoms with Crippen molar-refractivity contribution in [1.29, 1.82) is 0 Å². The number of benzene rings is 1. The maximum absolute atomic E-state index is 10.8. The fourth-order valence-corrected chi connectivity index (χ4v) is 1.75. The lowest BCUT2D eigenvalue weighted by molar-refractivity contribution is -0.388. The van der Waals surface area contributed by atoms with Crippen LogP contribution in [0.5, 0.6) is 0 Å². The second-order valence-electron chi connectivity index (χ2n) is 3.33. The number of pyridine rings is 1. The van der Waals surface area contributed by atoms with E-state index in [1.807, 2.05) is 0 Å². The summed E-state index contributed by atoms with van der Waals surface area (Å²) in [5, 5.41) is 11.6. The normalized spacial score (nSPS) is 11.1.